The van der Waals surface area contributed by atoms with Crippen LogP contribution >= 0.6 is 34.5 Å². The SMILES string of the molecule is CC(=NNC(=O)c1ccc(Cl)c(S(N)(=O)=O)c1)c1ccc(Cl)s1. The van der Waals surface area contributed by atoms with Gasteiger partial charge in [0.15, 0.2) is 0 Å². The van der Waals surface area contributed by atoms with Crippen LogP contribution in [0.3, 0.4) is 0 Å². The summed E-state index contributed by atoms with van der Waals surface area (Å²) in [5.74, 6) is -0.589. The number of halogens is 2. The lowest BCUT2D eigenvalue weighted by atomic mass is 10.2. The first-order valence-corrected chi connectivity index (χ1v) is 9.23. The van der Waals surface area contributed by atoms with Crippen LogP contribution in [0.2, 0.25) is 9.36 Å². The summed E-state index contributed by atoms with van der Waals surface area (Å²) in [6.07, 6.45) is 0. The van der Waals surface area contributed by atoms with E-state index in [9.17, 15) is 13.2 Å². The number of hydrazone groups is 1. The van der Waals surface area contributed by atoms with Crippen molar-refractivity contribution in [3.63, 3.8) is 0 Å². The van der Waals surface area contributed by atoms with Gasteiger partial charge in [0.1, 0.15) is 4.90 Å². The molecule has 0 fully saturated rings. The smallest absolute Gasteiger partial charge is 0.267 e. The van der Waals surface area contributed by atoms with E-state index in [0.717, 1.165) is 10.9 Å². The van der Waals surface area contributed by atoms with Crippen molar-refractivity contribution < 1.29 is 13.2 Å². The number of nitrogens with zero attached hydrogens (tertiary/aromatic N) is 1. The van der Waals surface area contributed by atoms with Gasteiger partial charge in [0, 0.05) is 5.56 Å². The summed E-state index contributed by atoms with van der Waals surface area (Å²) in [6.45, 7) is 1.71. The zero-order chi connectivity index (χ0) is 17.2. The van der Waals surface area contributed by atoms with Crippen LogP contribution in [-0.4, -0.2) is 20.0 Å². The van der Waals surface area contributed by atoms with Crippen LogP contribution in [0.5, 0.6) is 0 Å². The molecule has 23 heavy (non-hydrogen) atoms. The van der Waals surface area contributed by atoms with Gasteiger partial charge < -0.3 is 0 Å². The van der Waals surface area contributed by atoms with Crippen molar-refractivity contribution in [3.8, 4) is 0 Å². The zero-order valence-corrected chi connectivity index (χ0v) is 14.9. The Bertz CT molecular complexity index is 892. The van der Waals surface area contributed by atoms with E-state index in [2.05, 4.69) is 10.5 Å². The molecule has 0 spiro atoms. The third-order valence-corrected chi connectivity index (χ3v) is 5.49. The summed E-state index contributed by atoms with van der Waals surface area (Å²) in [5.41, 5.74) is 2.97. The van der Waals surface area contributed by atoms with Gasteiger partial charge in [0.25, 0.3) is 5.91 Å². The fourth-order valence-corrected chi connectivity index (χ4v) is 3.68. The van der Waals surface area contributed by atoms with Gasteiger partial charge >= 0.3 is 0 Å². The molecule has 2 aromatic rings. The lowest BCUT2D eigenvalue weighted by Gasteiger charge is -2.05. The van der Waals surface area contributed by atoms with Crippen molar-refractivity contribution in [2.24, 2.45) is 10.2 Å². The monoisotopic (exact) mass is 391 g/mol. The first-order chi connectivity index (χ1) is 10.7. The lowest BCUT2D eigenvalue weighted by Crippen LogP contribution is -2.20. The molecular formula is C13H11Cl2N3O3S2. The number of primary sulfonamides is 1. The average Bonchev–Trinajstić information content (AvgIpc) is 2.90. The average molecular weight is 392 g/mol. The molecule has 0 atom stereocenters. The highest BCUT2D eigenvalue weighted by atomic mass is 35.5. The molecule has 6 nitrogen and oxygen atoms in total. The highest BCUT2D eigenvalue weighted by Gasteiger charge is 2.16. The summed E-state index contributed by atoms with van der Waals surface area (Å²) in [6, 6.07) is 7.25. The molecule has 0 saturated carbocycles. The van der Waals surface area contributed by atoms with Crippen molar-refractivity contribution in [2.45, 2.75) is 11.8 Å². The maximum absolute atomic E-state index is 12.1. The van der Waals surface area contributed by atoms with Gasteiger partial charge in [0.05, 0.1) is 19.9 Å². The Labute approximate surface area is 147 Å². The fraction of sp³-hybridized carbons (Fsp3) is 0.0769. The molecule has 0 aliphatic carbocycles. The minimum absolute atomic E-state index is 0.0584. The molecule has 1 amide bonds. The van der Waals surface area contributed by atoms with Crippen molar-refractivity contribution in [1.29, 1.82) is 0 Å². The van der Waals surface area contributed by atoms with Crippen LogP contribution in [0.25, 0.3) is 0 Å². The van der Waals surface area contributed by atoms with E-state index < -0.39 is 15.9 Å². The standard InChI is InChI=1S/C13H11Cl2N3O3S2/c1-7(10-4-5-12(15)22-10)17-18-13(19)8-2-3-9(14)11(6-8)23(16,20)21/h2-6H,1H3,(H,18,19)(H2,16,20,21). The van der Waals surface area contributed by atoms with Crippen LogP contribution < -0.4 is 10.6 Å². The van der Waals surface area contributed by atoms with E-state index in [-0.39, 0.29) is 15.5 Å². The summed E-state index contributed by atoms with van der Waals surface area (Å²) < 4.78 is 23.4. The van der Waals surface area contributed by atoms with E-state index >= 15 is 0 Å². The first kappa shape index (κ1) is 17.9. The van der Waals surface area contributed by atoms with Gasteiger partial charge in [-0.2, -0.15) is 5.10 Å². The van der Waals surface area contributed by atoms with Crippen molar-refractivity contribution in [3.05, 3.63) is 50.1 Å². The molecule has 2 rings (SSSR count). The van der Waals surface area contributed by atoms with Crippen molar-refractivity contribution in [2.75, 3.05) is 0 Å². The summed E-state index contributed by atoms with van der Waals surface area (Å²) in [4.78, 5) is 12.5. The fourth-order valence-electron chi connectivity index (χ4n) is 1.63. The van der Waals surface area contributed by atoms with Crippen LogP contribution in [0.1, 0.15) is 22.2 Å². The van der Waals surface area contributed by atoms with E-state index in [4.69, 9.17) is 28.3 Å². The van der Waals surface area contributed by atoms with Crippen LogP contribution in [0.4, 0.5) is 0 Å². The number of hydrogen-bond donors (Lipinski definition) is 2. The van der Waals surface area contributed by atoms with Crippen LogP contribution in [0, 0.1) is 0 Å². The van der Waals surface area contributed by atoms with Gasteiger partial charge in [0.2, 0.25) is 10.0 Å². The predicted molar refractivity (Wildman–Crippen MR) is 91.8 cm³/mol. The quantitative estimate of drug-likeness (QED) is 0.618. The van der Waals surface area contributed by atoms with E-state index in [0.29, 0.717) is 10.0 Å². The largest absolute Gasteiger partial charge is 0.271 e. The molecule has 3 N–H and O–H groups in total. The van der Waals surface area contributed by atoms with Gasteiger partial charge in [-0.1, -0.05) is 23.2 Å². The Morgan fingerprint density at radius 3 is 2.52 bits per heavy atom. The van der Waals surface area contributed by atoms with E-state index in [1.165, 1.54) is 23.5 Å². The number of amides is 1. The Kier molecular flexibility index (Phi) is 5.43. The van der Waals surface area contributed by atoms with Gasteiger partial charge in [-0.05, 0) is 37.3 Å². The van der Waals surface area contributed by atoms with Crippen molar-refractivity contribution >= 4 is 56.2 Å². The number of benzene rings is 1. The highest BCUT2D eigenvalue weighted by Crippen LogP contribution is 2.22. The third-order valence-electron chi connectivity index (χ3n) is 2.75. The van der Waals surface area contributed by atoms with E-state index in [1.54, 1.807) is 19.1 Å². The normalized spacial score (nSPS) is 12.3. The zero-order valence-electron chi connectivity index (χ0n) is 11.7. The predicted octanol–water partition coefficient (Wildman–Crippen LogP) is 2.86. The second kappa shape index (κ2) is 6.98. The minimum atomic E-state index is -4.02. The highest BCUT2D eigenvalue weighted by molar-refractivity contribution is 7.89. The second-order valence-corrected chi connectivity index (χ2v) is 8.08. The molecule has 1 heterocycles. The number of carbonyl (C=O) groups excluding carboxylic acids is 1. The molecule has 0 radical (unpaired) electrons. The first-order valence-electron chi connectivity index (χ1n) is 6.11. The molecule has 1 aromatic heterocycles. The number of thiophene rings is 1. The second-order valence-electron chi connectivity index (χ2n) is 4.43. The molecule has 0 aliphatic rings. The third kappa shape index (κ3) is 4.52. The summed E-state index contributed by atoms with van der Waals surface area (Å²) >= 11 is 12.9. The molecule has 0 saturated heterocycles. The Balaban J connectivity index is 2.21. The number of hydrogen-bond acceptors (Lipinski definition) is 5. The van der Waals surface area contributed by atoms with Gasteiger partial charge in [-0.3, -0.25) is 4.79 Å². The molecule has 10 heteroatoms. The molecular weight excluding hydrogens is 381 g/mol. The summed E-state index contributed by atoms with van der Waals surface area (Å²) in [5, 5.41) is 8.94. The van der Waals surface area contributed by atoms with Crippen LogP contribution in [-0.2, 0) is 10.0 Å². The maximum Gasteiger partial charge on any atom is 0.271 e. The Hall–Kier alpha value is -1.45. The molecule has 0 unspecified atom stereocenters. The minimum Gasteiger partial charge on any atom is -0.267 e. The lowest BCUT2D eigenvalue weighted by molar-refractivity contribution is 0.0954. The van der Waals surface area contributed by atoms with Gasteiger partial charge in [-0.25, -0.2) is 19.0 Å². The van der Waals surface area contributed by atoms with Crippen LogP contribution in [0.15, 0.2) is 40.3 Å². The Morgan fingerprint density at radius 1 is 1.26 bits per heavy atom. The summed E-state index contributed by atoms with van der Waals surface area (Å²) in [7, 11) is -4.02. The molecule has 122 valence electrons. The number of nitrogens with one attached hydrogen (secondary N) is 1. The Morgan fingerprint density at radius 2 is 1.96 bits per heavy atom. The molecule has 0 bridgehead atoms. The number of nitrogens with two attached hydrogens (primary N) is 1. The van der Waals surface area contributed by atoms with Gasteiger partial charge in [-0.15, -0.1) is 11.3 Å². The number of rotatable bonds is 4. The topological polar surface area (TPSA) is 102 Å². The van der Waals surface area contributed by atoms with Crippen molar-refractivity contribution in [1.82, 2.24) is 5.43 Å². The van der Waals surface area contributed by atoms with E-state index in [1.807, 2.05) is 0 Å². The maximum atomic E-state index is 12.1. The number of carbonyl (C=O) groups is 1. The molecule has 0 aliphatic heterocycles. The number of sulfonamides is 1. The molecule has 1 aromatic carbocycles.